The zero-order valence-electron chi connectivity index (χ0n) is 9.07. The monoisotopic (exact) mass is 200 g/mol. The fourth-order valence-corrected chi connectivity index (χ4v) is 1.95. The molecule has 0 saturated carbocycles. The molecule has 1 heterocycles. The Hall–Kier alpha value is -0.770. The molecule has 1 N–H and O–H groups in total. The van der Waals surface area contributed by atoms with Crippen molar-refractivity contribution in [2.45, 2.75) is 32.7 Å². The van der Waals surface area contributed by atoms with E-state index in [0.29, 0.717) is 0 Å². The van der Waals surface area contributed by atoms with E-state index in [0.717, 1.165) is 32.5 Å². The van der Waals surface area contributed by atoms with Gasteiger partial charge in [0.2, 0.25) is 0 Å². The van der Waals surface area contributed by atoms with Crippen LogP contribution >= 0.6 is 0 Å². The number of aliphatic hydroxyl groups excluding tert-OH is 1. The van der Waals surface area contributed by atoms with E-state index in [2.05, 4.69) is 0 Å². The van der Waals surface area contributed by atoms with Gasteiger partial charge in [-0.2, -0.15) is 0 Å². The van der Waals surface area contributed by atoms with Crippen molar-refractivity contribution < 1.29 is 9.90 Å². The van der Waals surface area contributed by atoms with Crippen LogP contribution in [0.1, 0.15) is 26.7 Å². The third-order valence-electron chi connectivity index (χ3n) is 2.87. The first-order valence-electron chi connectivity index (χ1n) is 5.41. The van der Waals surface area contributed by atoms with E-state index in [4.69, 9.17) is 5.11 Å². The molecule has 2 amide bonds. The van der Waals surface area contributed by atoms with Gasteiger partial charge in [-0.1, -0.05) is 0 Å². The van der Waals surface area contributed by atoms with Gasteiger partial charge in [-0.25, -0.2) is 4.79 Å². The number of carbonyl (C=O) groups is 1. The summed E-state index contributed by atoms with van der Waals surface area (Å²) in [5.41, 5.74) is 0. The standard InChI is InChI=1S/C10H20N2O2/c1-3-11(4-2)10(14)12-7-5-6-9(12)8-13/h9,13H,3-8H2,1-2H3/t9-/m0/s1. The minimum Gasteiger partial charge on any atom is -0.394 e. The quantitative estimate of drug-likeness (QED) is 0.735. The van der Waals surface area contributed by atoms with Crippen LogP contribution in [0.15, 0.2) is 0 Å². The molecule has 1 saturated heterocycles. The Morgan fingerprint density at radius 1 is 1.50 bits per heavy atom. The summed E-state index contributed by atoms with van der Waals surface area (Å²) < 4.78 is 0. The van der Waals surface area contributed by atoms with Crippen molar-refractivity contribution in [1.82, 2.24) is 9.80 Å². The Morgan fingerprint density at radius 2 is 2.14 bits per heavy atom. The van der Waals surface area contributed by atoms with E-state index in [1.165, 1.54) is 0 Å². The molecule has 1 rings (SSSR count). The molecular weight excluding hydrogens is 180 g/mol. The topological polar surface area (TPSA) is 43.8 Å². The third-order valence-corrected chi connectivity index (χ3v) is 2.87. The highest BCUT2D eigenvalue weighted by Gasteiger charge is 2.29. The van der Waals surface area contributed by atoms with Crippen LogP contribution in [0.3, 0.4) is 0 Å². The number of rotatable bonds is 3. The number of nitrogens with zero attached hydrogens (tertiary/aromatic N) is 2. The van der Waals surface area contributed by atoms with Crippen molar-refractivity contribution in [3.05, 3.63) is 0 Å². The van der Waals surface area contributed by atoms with E-state index >= 15 is 0 Å². The molecule has 0 aromatic heterocycles. The van der Waals surface area contributed by atoms with Gasteiger partial charge < -0.3 is 14.9 Å². The second-order valence-corrected chi connectivity index (χ2v) is 3.63. The smallest absolute Gasteiger partial charge is 0.320 e. The van der Waals surface area contributed by atoms with Gasteiger partial charge >= 0.3 is 6.03 Å². The van der Waals surface area contributed by atoms with Gasteiger partial charge in [-0.05, 0) is 26.7 Å². The van der Waals surface area contributed by atoms with Crippen molar-refractivity contribution >= 4 is 6.03 Å². The fourth-order valence-electron chi connectivity index (χ4n) is 1.95. The summed E-state index contributed by atoms with van der Waals surface area (Å²) in [5, 5.41) is 9.10. The first-order chi connectivity index (χ1) is 6.74. The molecule has 0 unspecified atom stereocenters. The maximum Gasteiger partial charge on any atom is 0.320 e. The highest BCUT2D eigenvalue weighted by Crippen LogP contribution is 2.18. The number of hydrogen-bond donors (Lipinski definition) is 1. The van der Waals surface area contributed by atoms with E-state index in [1.807, 2.05) is 13.8 Å². The maximum atomic E-state index is 11.9. The van der Waals surface area contributed by atoms with Crippen molar-refractivity contribution in [2.75, 3.05) is 26.2 Å². The maximum absolute atomic E-state index is 11.9. The number of hydrogen-bond acceptors (Lipinski definition) is 2. The van der Waals surface area contributed by atoms with E-state index in [-0.39, 0.29) is 18.7 Å². The molecule has 0 radical (unpaired) electrons. The van der Waals surface area contributed by atoms with Crippen LogP contribution in [-0.4, -0.2) is 53.2 Å². The normalized spacial score (nSPS) is 21.4. The summed E-state index contributed by atoms with van der Waals surface area (Å²) >= 11 is 0. The molecule has 1 atom stereocenters. The highest BCUT2D eigenvalue weighted by atomic mass is 16.3. The molecule has 4 heteroatoms. The van der Waals surface area contributed by atoms with Crippen molar-refractivity contribution in [2.24, 2.45) is 0 Å². The van der Waals surface area contributed by atoms with E-state index in [9.17, 15) is 4.79 Å². The van der Waals surface area contributed by atoms with Crippen LogP contribution in [0.2, 0.25) is 0 Å². The molecule has 0 bridgehead atoms. The zero-order valence-corrected chi connectivity index (χ0v) is 9.07. The lowest BCUT2D eigenvalue weighted by Gasteiger charge is -2.29. The van der Waals surface area contributed by atoms with Crippen molar-refractivity contribution in [3.63, 3.8) is 0 Å². The molecule has 1 fully saturated rings. The van der Waals surface area contributed by atoms with Gasteiger partial charge in [0.05, 0.1) is 12.6 Å². The van der Waals surface area contributed by atoms with Crippen LogP contribution in [0.5, 0.6) is 0 Å². The van der Waals surface area contributed by atoms with Crippen LogP contribution < -0.4 is 0 Å². The van der Waals surface area contributed by atoms with Crippen molar-refractivity contribution in [3.8, 4) is 0 Å². The first kappa shape index (κ1) is 11.3. The second kappa shape index (κ2) is 5.20. The van der Waals surface area contributed by atoms with Gasteiger partial charge in [-0.3, -0.25) is 0 Å². The lowest BCUT2D eigenvalue weighted by atomic mass is 10.2. The molecule has 0 spiro atoms. The average molecular weight is 200 g/mol. The SMILES string of the molecule is CCN(CC)C(=O)N1CCC[C@H]1CO. The van der Waals surface area contributed by atoms with Gasteiger partial charge in [0, 0.05) is 19.6 Å². The van der Waals surface area contributed by atoms with Crippen molar-refractivity contribution in [1.29, 1.82) is 0 Å². The molecule has 82 valence electrons. The van der Waals surface area contributed by atoms with Gasteiger partial charge in [0.25, 0.3) is 0 Å². The van der Waals surface area contributed by atoms with Crippen LogP contribution in [0, 0.1) is 0 Å². The predicted molar refractivity (Wildman–Crippen MR) is 55.1 cm³/mol. The summed E-state index contributed by atoms with van der Waals surface area (Å²) in [7, 11) is 0. The second-order valence-electron chi connectivity index (χ2n) is 3.63. The van der Waals surface area contributed by atoms with Crippen LogP contribution in [-0.2, 0) is 0 Å². The molecular formula is C10H20N2O2. The van der Waals surface area contributed by atoms with Gasteiger partial charge in [-0.15, -0.1) is 0 Å². The van der Waals surface area contributed by atoms with Crippen LogP contribution in [0.4, 0.5) is 4.79 Å². The number of aliphatic hydroxyl groups is 1. The van der Waals surface area contributed by atoms with E-state index in [1.54, 1.807) is 9.80 Å². The summed E-state index contributed by atoms with van der Waals surface area (Å²) in [6.07, 6.45) is 1.95. The highest BCUT2D eigenvalue weighted by molar-refractivity contribution is 5.75. The molecule has 4 nitrogen and oxygen atoms in total. The number of likely N-dealkylation sites (tertiary alicyclic amines) is 1. The Balaban J connectivity index is 2.58. The van der Waals surface area contributed by atoms with Crippen LogP contribution in [0.25, 0.3) is 0 Å². The number of carbonyl (C=O) groups excluding carboxylic acids is 1. The molecule has 1 aliphatic rings. The summed E-state index contributed by atoms with van der Waals surface area (Å²) in [4.78, 5) is 15.5. The first-order valence-corrected chi connectivity index (χ1v) is 5.41. The molecule has 0 aromatic rings. The minimum atomic E-state index is 0.0445. The molecule has 0 aromatic carbocycles. The number of amides is 2. The Kier molecular flexibility index (Phi) is 4.20. The predicted octanol–water partition coefficient (Wildman–Crippen LogP) is 0.905. The van der Waals surface area contributed by atoms with E-state index < -0.39 is 0 Å². The lowest BCUT2D eigenvalue weighted by molar-refractivity contribution is 0.129. The minimum absolute atomic E-state index is 0.0445. The Labute approximate surface area is 85.5 Å². The number of urea groups is 1. The summed E-state index contributed by atoms with van der Waals surface area (Å²) in [6.45, 7) is 6.32. The Morgan fingerprint density at radius 3 is 2.64 bits per heavy atom. The average Bonchev–Trinajstić information content (AvgIpc) is 2.67. The zero-order chi connectivity index (χ0) is 10.6. The summed E-state index contributed by atoms with van der Waals surface area (Å²) in [6, 6.07) is 0.120. The fraction of sp³-hybridized carbons (Fsp3) is 0.900. The molecule has 1 aliphatic heterocycles. The largest absolute Gasteiger partial charge is 0.394 e. The van der Waals surface area contributed by atoms with Gasteiger partial charge in [0.15, 0.2) is 0 Å². The molecule has 0 aliphatic carbocycles. The van der Waals surface area contributed by atoms with Gasteiger partial charge in [0.1, 0.15) is 0 Å². The molecule has 14 heavy (non-hydrogen) atoms. The summed E-state index contributed by atoms with van der Waals surface area (Å²) in [5.74, 6) is 0. The lowest BCUT2D eigenvalue weighted by Crippen LogP contribution is -2.46. The third kappa shape index (κ3) is 2.18. The Bertz CT molecular complexity index is 193.